The Morgan fingerprint density at radius 2 is 2.10 bits per heavy atom. The number of benzene rings is 1. The van der Waals surface area contributed by atoms with E-state index in [-0.39, 0.29) is 17.9 Å². The maximum absolute atomic E-state index is 12.4. The molecule has 3 unspecified atom stereocenters. The normalized spacial score (nSPS) is 29.6. The van der Waals surface area contributed by atoms with Crippen molar-refractivity contribution < 1.29 is 4.79 Å². The quantitative estimate of drug-likeness (QED) is 0.869. The fourth-order valence-corrected chi connectivity index (χ4v) is 3.42. The van der Waals surface area contributed by atoms with Crippen LogP contribution in [0.3, 0.4) is 0 Å². The molecule has 0 bridgehead atoms. The van der Waals surface area contributed by atoms with Crippen molar-refractivity contribution in [3.8, 4) is 0 Å². The molecule has 1 aliphatic carbocycles. The highest BCUT2D eigenvalue weighted by molar-refractivity contribution is 5.79. The van der Waals surface area contributed by atoms with Crippen LogP contribution in [0, 0.1) is 5.92 Å². The summed E-state index contributed by atoms with van der Waals surface area (Å²) >= 11 is 0. The molecule has 0 aromatic heterocycles. The van der Waals surface area contributed by atoms with Gasteiger partial charge >= 0.3 is 0 Å². The molecule has 1 aromatic carbocycles. The van der Waals surface area contributed by atoms with E-state index in [4.69, 9.17) is 0 Å². The number of fused-ring (bicyclic) bond motifs is 1. The number of amides is 1. The van der Waals surface area contributed by atoms with Crippen LogP contribution in [0.15, 0.2) is 24.3 Å². The summed E-state index contributed by atoms with van der Waals surface area (Å²) in [5.41, 5.74) is 2.73. The molecule has 2 aliphatic rings. The second-order valence-electron chi connectivity index (χ2n) is 6.24. The molecule has 1 fully saturated rings. The van der Waals surface area contributed by atoms with Crippen LogP contribution in [0.5, 0.6) is 0 Å². The van der Waals surface area contributed by atoms with Gasteiger partial charge < -0.3 is 10.6 Å². The number of carbonyl (C=O) groups excluding carboxylic acids is 1. The summed E-state index contributed by atoms with van der Waals surface area (Å²) in [6.07, 6.45) is 5.49. The Balaban J connectivity index is 1.65. The zero-order chi connectivity index (χ0) is 13.9. The number of rotatable bonds is 2. The van der Waals surface area contributed by atoms with E-state index < -0.39 is 0 Å². The van der Waals surface area contributed by atoms with Crippen LogP contribution in [0.4, 0.5) is 0 Å². The molecule has 3 rings (SSSR count). The van der Waals surface area contributed by atoms with Crippen LogP contribution in [-0.2, 0) is 11.2 Å². The average molecular weight is 272 g/mol. The van der Waals surface area contributed by atoms with E-state index in [9.17, 15) is 4.79 Å². The molecule has 3 nitrogen and oxygen atoms in total. The Bertz CT molecular complexity index is 478. The van der Waals surface area contributed by atoms with Gasteiger partial charge in [0.2, 0.25) is 5.91 Å². The Kier molecular flexibility index (Phi) is 4.06. The minimum absolute atomic E-state index is 0.139. The van der Waals surface area contributed by atoms with Gasteiger partial charge in [0.1, 0.15) is 0 Å². The maximum Gasteiger partial charge on any atom is 0.224 e. The van der Waals surface area contributed by atoms with Crippen LogP contribution in [0.2, 0.25) is 0 Å². The van der Waals surface area contributed by atoms with Crippen molar-refractivity contribution in [3.05, 3.63) is 35.4 Å². The molecule has 108 valence electrons. The van der Waals surface area contributed by atoms with Gasteiger partial charge in [0.15, 0.2) is 0 Å². The Labute approximate surface area is 121 Å². The van der Waals surface area contributed by atoms with Crippen LogP contribution in [0.1, 0.15) is 49.8 Å². The highest BCUT2D eigenvalue weighted by Gasteiger charge is 2.27. The van der Waals surface area contributed by atoms with Gasteiger partial charge in [0.05, 0.1) is 12.0 Å². The highest BCUT2D eigenvalue weighted by atomic mass is 16.2. The minimum Gasteiger partial charge on any atom is -0.349 e. The van der Waals surface area contributed by atoms with E-state index in [0.717, 1.165) is 32.2 Å². The lowest BCUT2D eigenvalue weighted by Crippen LogP contribution is -2.45. The third kappa shape index (κ3) is 2.88. The fraction of sp³-hybridized carbons (Fsp3) is 0.588. The SMILES string of the molecule is CC1CCC(C(=O)NC2CCCc3ccccc32)CN1. The van der Waals surface area contributed by atoms with E-state index >= 15 is 0 Å². The van der Waals surface area contributed by atoms with Gasteiger partial charge in [-0.15, -0.1) is 0 Å². The smallest absolute Gasteiger partial charge is 0.224 e. The largest absolute Gasteiger partial charge is 0.349 e. The molecular weight excluding hydrogens is 248 g/mol. The van der Waals surface area contributed by atoms with Gasteiger partial charge in [-0.1, -0.05) is 24.3 Å². The van der Waals surface area contributed by atoms with E-state index in [1.165, 1.54) is 17.5 Å². The van der Waals surface area contributed by atoms with Gasteiger partial charge in [-0.2, -0.15) is 0 Å². The second-order valence-corrected chi connectivity index (χ2v) is 6.24. The maximum atomic E-state index is 12.4. The minimum atomic E-state index is 0.139. The molecule has 2 N–H and O–H groups in total. The molecule has 0 saturated carbocycles. The number of piperidine rings is 1. The lowest BCUT2D eigenvalue weighted by molar-refractivity contribution is -0.126. The van der Waals surface area contributed by atoms with E-state index in [1.54, 1.807) is 0 Å². The first-order chi connectivity index (χ1) is 9.74. The zero-order valence-electron chi connectivity index (χ0n) is 12.2. The van der Waals surface area contributed by atoms with Crippen molar-refractivity contribution in [2.24, 2.45) is 5.92 Å². The van der Waals surface area contributed by atoms with Gasteiger partial charge in [-0.25, -0.2) is 0 Å². The first-order valence-electron chi connectivity index (χ1n) is 7.85. The van der Waals surface area contributed by atoms with Gasteiger partial charge in [-0.3, -0.25) is 4.79 Å². The lowest BCUT2D eigenvalue weighted by atomic mass is 9.87. The Morgan fingerprint density at radius 3 is 2.90 bits per heavy atom. The third-order valence-corrected chi connectivity index (χ3v) is 4.72. The summed E-state index contributed by atoms with van der Waals surface area (Å²) in [6.45, 7) is 3.01. The molecule has 1 saturated heterocycles. The van der Waals surface area contributed by atoms with Crippen molar-refractivity contribution in [3.63, 3.8) is 0 Å². The van der Waals surface area contributed by atoms with Crippen molar-refractivity contribution in [1.29, 1.82) is 0 Å². The number of nitrogens with one attached hydrogen (secondary N) is 2. The number of carbonyl (C=O) groups is 1. The van der Waals surface area contributed by atoms with Crippen LogP contribution < -0.4 is 10.6 Å². The highest BCUT2D eigenvalue weighted by Crippen LogP contribution is 2.30. The van der Waals surface area contributed by atoms with Crippen LogP contribution in [-0.4, -0.2) is 18.5 Å². The molecule has 20 heavy (non-hydrogen) atoms. The first-order valence-corrected chi connectivity index (χ1v) is 7.85. The van der Waals surface area contributed by atoms with Crippen molar-refractivity contribution in [2.45, 2.75) is 51.1 Å². The van der Waals surface area contributed by atoms with Crippen LogP contribution >= 0.6 is 0 Å². The molecule has 0 spiro atoms. The summed E-state index contributed by atoms with van der Waals surface area (Å²) in [6, 6.07) is 9.29. The summed E-state index contributed by atoms with van der Waals surface area (Å²) in [5.74, 6) is 0.367. The number of hydrogen-bond acceptors (Lipinski definition) is 2. The van der Waals surface area contributed by atoms with E-state index in [1.807, 2.05) is 0 Å². The predicted molar refractivity (Wildman–Crippen MR) is 80.5 cm³/mol. The molecule has 1 aliphatic heterocycles. The second kappa shape index (κ2) is 5.96. The Hall–Kier alpha value is -1.35. The first kappa shape index (κ1) is 13.6. The van der Waals surface area contributed by atoms with Crippen molar-refractivity contribution >= 4 is 5.91 Å². The topological polar surface area (TPSA) is 41.1 Å². The van der Waals surface area contributed by atoms with Crippen molar-refractivity contribution in [2.75, 3.05) is 6.54 Å². The van der Waals surface area contributed by atoms with Crippen molar-refractivity contribution in [1.82, 2.24) is 10.6 Å². The number of aryl methyl sites for hydroxylation is 1. The monoisotopic (exact) mass is 272 g/mol. The number of hydrogen-bond donors (Lipinski definition) is 2. The van der Waals surface area contributed by atoms with E-state index in [2.05, 4.69) is 41.8 Å². The third-order valence-electron chi connectivity index (χ3n) is 4.72. The molecular formula is C17H24N2O. The zero-order valence-corrected chi connectivity index (χ0v) is 12.2. The summed E-state index contributed by atoms with van der Waals surface area (Å²) < 4.78 is 0. The molecule has 1 amide bonds. The molecule has 1 heterocycles. The fourth-order valence-electron chi connectivity index (χ4n) is 3.42. The van der Waals surface area contributed by atoms with Gasteiger partial charge in [0.25, 0.3) is 0 Å². The lowest BCUT2D eigenvalue weighted by Gasteiger charge is -2.31. The summed E-state index contributed by atoms with van der Waals surface area (Å²) in [4.78, 5) is 12.4. The predicted octanol–water partition coefficient (Wildman–Crippen LogP) is 2.57. The van der Waals surface area contributed by atoms with Gasteiger partial charge in [0, 0.05) is 12.6 Å². The summed E-state index contributed by atoms with van der Waals surface area (Å²) in [7, 11) is 0. The van der Waals surface area contributed by atoms with E-state index in [0.29, 0.717) is 6.04 Å². The molecule has 1 aromatic rings. The van der Waals surface area contributed by atoms with Gasteiger partial charge in [-0.05, 0) is 50.2 Å². The average Bonchev–Trinajstić information content (AvgIpc) is 2.48. The standard InChI is InChI=1S/C17H24N2O/c1-12-9-10-14(11-18-12)17(20)19-16-8-4-6-13-5-2-3-7-15(13)16/h2-3,5,7,12,14,16,18H,4,6,8-11H2,1H3,(H,19,20). The summed E-state index contributed by atoms with van der Waals surface area (Å²) in [5, 5.41) is 6.69. The molecule has 3 heteroatoms. The van der Waals surface area contributed by atoms with Crippen LogP contribution in [0.25, 0.3) is 0 Å². The molecule has 0 radical (unpaired) electrons. The Morgan fingerprint density at radius 1 is 1.25 bits per heavy atom. The molecule has 3 atom stereocenters.